The van der Waals surface area contributed by atoms with Crippen molar-refractivity contribution in [3.8, 4) is 0 Å². The van der Waals surface area contributed by atoms with Crippen molar-refractivity contribution in [1.29, 1.82) is 0 Å². The van der Waals surface area contributed by atoms with Crippen molar-refractivity contribution >= 4 is 11.6 Å². The summed E-state index contributed by atoms with van der Waals surface area (Å²) in [5.41, 5.74) is 2.03. The standard InChI is InChI=1S/C15H22FN3O/c1-17-10-12-9-13(16)3-4-14(12)19-7-5-11(6-8-19)15(20)18-2/h3-4,9,11,17H,5-8,10H2,1-2H3,(H,18,20). The number of hydrogen-bond donors (Lipinski definition) is 2. The molecule has 1 heterocycles. The number of amides is 1. The lowest BCUT2D eigenvalue weighted by Crippen LogP contribution is -2.40. The fraction of sp³-hybridized carbons (Fsp3) is 0.533. The van der Waals surface area contributed by atoms with Crippen LogP contribution in [0, 0.1) is 11.7 Å². The van der Waals surface area contributed by atoms with Crippen LogP contribution in [0.4, 0.5) is 10.1 Å². The molecule has 0 bridgehead atoms. The van der Waals surface area contributed by atoms with Gasteiger partial charge in [-0.05, 0) is 43.7 Å². The van der Waals surface area contributed by atoms with E-state index in [4.69, 9.17) is 0 Å². The molecule has 0 aromatic heterocycles. The average molecular weight is 279 g/mol. The van der Waals surface area contributed by atoms with Crippen molar-refractivity contribution in [1.82, 2.24) is 10.6 Å². The predicted octanol–water partition coefficient (Wildman–Crippen LogP) is 1.51. The lowest BCUT2D eigenvalue weighted by atomic mass is 9.95. The van der Waals surface area contributed by atoms with Crippen LogP contribution in [0.3, 0.4) is 0 Å². The van der Waals surface area contributed by atoms with Gasteiger partial charge in [-0.2, -0.15) is 0 Å². The molecular weight excluding hydrogens is 257 g/mol. The van der Waals surface area contributed by atoms with E-state index in [2.05, 4.69) is 15.5 Å². The molecule has 110 valence electrons. The molecule has 1 fully saturated rings. The van der Waals surface area contributed by atoms with Crippen molar-refractivity contribution in [3.05, 3.63) is 29.6 Å². The van der Waals surface area contributed by atoms with Crippen molar-refractivity contribution in [2.75, 3.05) is 32.1 Å². The molecule has 1 aliphatic heterocycles. The molecule has 0 spiro atoms. The Morgan fingerprint density at radius 3 is 2.65 bits per heavy atom. The zero-order valence-corrected chi connectivity index (χ0v) is 12.1. The van der Waals surface area contributed by atoms with Gasteiger partial charge in [0.25, 0.3) is 0 Å². The van der Waals surface area contributed by atoms with Crippen LogP contribution < -0.4 is 15.5 Å². The van der Waals surface area contributed by atoms with E-state index in [1.54, 1.807) is 13.1 Å². The molecule has 2 N–H and O–H groups in total. The maximum absolute atomic E-state index is 13.4. The number of rotatable bonds is 4. The molecule has 0 atom stereocenters. The molecule has 1 aromatic rings. The molecule has 20 heavy (non-hydrogen) atoms. The van der Waals surface area contributed by atoms with Crippen LogP contribution in [0.1, 0.15) is 18.4 Å². The van der Waals surface area contributed by atoms with Crippen LogP contribution in [0.2, 0.25) is 0 Å². The Hall–Kier alpha value is -1.62. The lowest BCUT2D eigenvalue weighted by molar-refractivity contribution is -0.125. The Bertz CT molecular complexity index is 470. The second-order valence-corrected chi connectivity index (χ2v) is 5.18. The van der Waals surface area contributed by atoms with Gasteiger partial charge >= 0.3 is 0 Å². The summed E-state index contributed by atoms with van der Waals surface area (Å²) in [6, 6.07) is 4.91. The third kappa shape index (κ3) is 3.28. The van der Waals surface area contributed by atoms with Crippen molar-refractivity contribution < 1.29 is 9.18 Å². The van der Waals surface area contributed by atoms with Crippen molar-refractivity contribution in [3.63, 3.8) is 0 Å². The molecule has 0 unspecified atom stereocenters. The SMILES string of the molecule is CNCc1cc(F)ccc1N1CCC(C(=O)NC)CC1. The van der Waals surface area contributed by atoms with Crippen LogP contribution in [0.15, 0.2) is 18.2 Å². The van der Waals surface area contributed by atoms with Crippen LogP contribution in [-0.2, 0) is 11.3 Å². The van der Waals surface area contributed by atoms with E-state index in [-0.39, 0.29) is 17.6 Å². The van der Waals surface area contributed by atoms with Crippen LogP contribution in [0.5, 0.6) is 0 Å². The Morgan fingerprint density at radius 1 is 1.35 bits per heavy atom. The summed E-state index contributed by atoms with van der Waals surface area (Å²) in [6.07, 6.45) is 1.69. The summed E-state index contributed by atoms with van der Waals surface area (Å²) in [5.74, 6) is 0.0166. The van der Waals surface area contributed by atoms with Gasteiger partial charge in [-0.3, -0.25) is 4.79 Å². The second-order valence-electron chi connectivity index (χ2n) is 5.18. The highest BCUT2D eigenvalue weighted by Gasteiger charge is 2.25. The van der Waals surface area contributed by atoms with Gasteiger partial charge in [0.2, 0.25) is 5.91 Å². The minimum Gasteiger partial charge on any atom is -0.371 e. The second kappa shape index (κ2) is 6.70. The van der Waals surface area contributed by atoms with Gasteiger partial charge in [-0.1, -0.05) is 0 Å². The highest BCUT2D eigenvalue weighted by molar-refractivity contribution is 5.78. The average Bonchev–Trinajstić information content (AvgIpc) is 2.47. The number of hydrogen-bond acceptors (Lipinski definition) is 3. The van der Waals surface area contributed by atoms with E-state index in [0.29, 0.717) is 6.54 Å². The van der Waals surface area contributed by atoms with Gasteiger partial charge in [-0.25, -0.2) is 4.39 Å². The number of carbonyl (C=O) groups excluding carboxylic acids is 1. The molecule has 2 rings (SSSR count). The number of halogens is 1. The number of anilines is 1. The fourth-order valence-electron chi connectivity index (χ4n) is 2.78. The van der Waals surface area contributed by atoms with Gasteiger partial charge in [-0.15, -0.1) is 0 Å². The number of carbonyl (C=O) groups is 1. The van der Waals surface area contributed by atoms with E-state index < -0.39 is 0 Å². The quantitative estimate of drug-likeness (QED) is 0.878. The maximum atomic E-state index is 13.4. The summed E-state index contributed by atoms with van der Waals surface area (Å²) >= 11 is 0. The van der Waals surface area contributed by atoms with E-state index in [1.807, 2.05) is 13.1 Å². The zero-order chi connectivity index (χ0) is 14.5. The number of nitrogens with zero attached hydrogens (tertiary/aromatic N) is 1. The van der Waals surface area contributed by atoms with Gasteiger partial charge in [0.1, 0.15) is 5.82 Å². The third-order valence-electron chi connectivity index (χ3n) is 3.86. The summed E-state index contributed by atoms with van der Waals surface area (Å²) in [7, 11) is 3.53. The Balaban J connectivity index is 2.08. The molecule has 1 aliphatic rings. The van der Waals surface area contributed by atoms with Gasteiger partial charge in [0, 0.05) is 38.3 Å². The highest BCUT2D eigenvalue weighted by Crippen LogP contribution is 2.27. The minimum atomic E-state index is -0.209. The summed E-state index contributed by atoms with van der Waals surface area (Å²) in [5, 5.41) is 5.78. The monoisotopic (exact) mass is 279 g/mol. The molecule has 0 aliphatic carbocycles. The minimum absolute atomic E-state index is 0.101. The molecule has 0 saturated carbocycles. The maximum Gasteiger partial charge on any atom is 0.222 e. The largest absolute Gasteiger partial charge is 0.371 e. The normalized spacial score (nSPS) is 16.2. The van der Waals surface area contributed by atoms with Crippen LogP contribution >= 0.6 is 0 Å². The van der Waals surface area contributed by atoms with Crippen LogP contribution in [-0.4, -0.2) is 33.1 Å². The Morgan fingerprint density at radius 2 is 2.05 bits per heavy atom. The molecule has 5 heteroatoms. The Labute approximate surface area is 119 Å². The van der Waals surface area contributed by atoms with E-state index in [9.17, 15) is 9.18 Å². The smallest absolute Gasteiger partial charge is 0.222 e. The molecule has 1 aromatic carbocycles. The summed E-state index contributed by atoms with van der Waals surface area (Å²) in [4.78, 5) is 13.9. The van der Waals surface area contributed by atoms with E-state index in [1.165, 1.54) is 6.07 Å². The predicted molar refractivity (Wildman–Crippen MR) is 78.2 cm³/mol. The van der Waals surface area contributed by atoms with Crippen LogP contribution in [0.25, 0.3) is 0 Å². The van der Waals surface area contributed by atoms with Gasteiger partial charge < -0.3 is 15.5 Å². The van der Waals surface area contributed by atoms with E-state index >= 15 is 0 Å². The first kappa shape index (κ1) is 14.8. The molecule has 4 nitrogen and oxygen atoms in total. The topological polar surface area (TPSA) is 44.4 Å². The molecule has 0 radical (unpaired) electrons. The van der Waals surface area contributed by atoms with Crippen molar-refractivity contribution in [2.24, 2.45) is 5.92 Å². The first-order valence-electron chi connectivity index (χ1n) is 7.05. The third-order valence-corrected chi connectivity index (χ3v) is 3.86. The molecular formula is C15H22FN3O. The summed E-state index contributed by atoms with van der Waals surface area (Å²) in [6.45, 7) is 2.31. The lowest BCUT2D eigenvalue weighted by Gasteiger charge is -2.34. The van der Waals surface area contributed by atoms with Crippen molar-refractivity contribution in [2.45, 2.75) is 19.4 Å². The fourth-order valence-corrected chi connectivity index (χ4v) is 2.78. The number of nitrogens with one attached hydrogen (secondary N) is 2. The zero-order valence-electron chi connectivity index (χ0n) is 12.1. The molecule has 1 saturated heterocycles. The first-order chi connectivity index (χ1) is 9.65. The van der Waals surface area contributed by atoms with Gasteiger partial charge in [0.15, 0.2) is 0 Å². The summed E-state index contributed by atoms with van der Waals surface area (Å²) < 4.78 is 13.4. The first-order valence-corrected chi connectivity index (χ1v) is 7.05. The number of benzene rings is 1. The number of piperidine rings is 1. The highest BCUT2D eigenvalue weighted by atomic mass is 19.1. The Kier molecular flexibility index (Phi) is 4.95. The van der Waals surface area contributed by atoms with E-state index in [0.717, 1.165) is 37.2 Å². The molecule has 1 amide bonds. The van der Waals surface area contributed by atoms with Gasteiger partial charge in [0.05, 0.1) is 0 Å².